The Labute approximate surface area is 156 Å². The van der Waals surface area contributed by atoms with Gasteiger partial charge in [0, 0.05) is 29.4 Å². The number of nitrogens with one attached hydrogen (secondary N) is 1. The molecule has 1 saturated heterocycles. The zero-order chi connectivity index (χ0) is 19.8. The number of carbonyl (C=O) groups excluding carboxylic acids is 1. The monoisotopic (exact) mass is 377 g/mol. The summed E-state index contributed by atoms with van der Waals surface area (Å²) in [5, 5.41) is 3.39. The summed E-state index contributed by atoms with van der Waals surface area (Å²) in [6.45, 7) is 3.37. The lowest BCUT2D eigenvalue weighted by molar-refractivity contribution is -0.137. The molecule has 27 heavy (non-hydrogen) atoms. The van der Waals surface area contributed by atoms with Gasteiger partial charge in [-0.05, 0) is 56.3 Å². The second-order valence-electron chi connectivity index (χ2n) is 7.02. The van der Waals surface area contributed by atoms with Crippen LogP contribution < -0.4 is 11.1 Å². The molecule has 0 bridgehead atoms. The summed E-state index contributed by atoms with van der Waals surface area (Å²) in [5.41, 5.74) is 6.73. The van der Waals surface area contributed by atoms with Crippen LogP contribution in [-0.4, -0.2) is 37.0 Å². The molecule has 2 aromatic rings. The maximum absolute atomic E-state index is 13.4. The van der Waals surface area contributed by atoms with Crippen LogP contribution in [0.5, 0.6) is 0 Å². The second kappa shape index (κ2) is 7.23. The van der Waals surface area contributed by atoms with Gasteiger partial charge >= 0.3 is 6.18 Å². The minimum absolute atomic E-state index is 0.130. The number of aryl methyl sites for hydroxylation is 1. The van der Waals surface area contributed by atoms with Crippen molar-refractivity contribution in [2.75, 3.05) is 25.5 Å². The largest absolute Gasteiger partial charge is 0.416 e. The van der Waals surface area contributed by atoms with Crippen molar-refractivity contribution in [2.45, 2.75) is 25.6 Å². The Balaban J connectivity index is 2.17. The highest BCUT2D eigenvalue weighted by atomic mass is 19.4. The van der Waals surface area contributed by atoms with Crippen molar-refractivity contribution < 1.29 is 18.0 Å². The Bertz CT molecular complexity index is 864. The average molecular weight is 377 g/mol. The van der Waals surface area contributed by atoms with E-state index in [4.69, 9.17) is 5.73 Å². The molecule has 1 aliphatic rings. The Morgan fingerprint density at radius 2 is 1.93 bits per heavy atom. The van der Waals surface area contributed by atoms with Crippen molar-refractivity contribution in [3.05, 3.63) is 53.1 Å². The molecule has 7 heteroatoms. The molecule has 0 unspecified atom stereocenters. The standard InChI is InChI=1S/C20H22F3N3O/c1-12-9-13(20(21,22)23)10-17(15-5-3-4-6-16(15)19(24)27)18(12)25-14-7-8-26(2)11-14/h3-6,9-10,14,25H,7-8,11H2,1-2H3,(H2,24,27)/t14-/m1/s1. The topological polar surface area (TPSA) is 58.4 Å². The van der Waals surface area contributed by atoms with Gasteiger partial charge in [0.1, 0.15) is 0 Å². The van der Waals surface area contributed by atoms with E-state index in [-0.39, 0.29) is 11.6 Å². The van der Waals surface area contributed by atoms with Crippen LogP contribution >= 0.6 is 0 Å². The van der Waals surface area contributed by atoms with Gasteiger partial charge in [-0.15, -0.1) is 0 Å². The van der Waals surface area contributed by atoms with Crippen molar-refractivity contribution >= 4 is 11.6 Å². The highest BCUT2D eigenvalue weighted by Crippen LogP contribution is 2.40. The summed E-state index contributed by atoms with van der Waals surface area (Å²) in [6.07, 6.45) is -3.58. The van der Waals surface area contributed by atoms with E-state index in [1.165, 1.54) is 6.07 Å². The zero-order valence-electron chi connectivity index (χ0n) is 15.2. The smallest absolute Gasteiger partial charge is 0.380 e. The van der Waals surface area contributed by atoms with Crippen LogP contribution in [0.2, 0.25) is 0 Å². The molecule has 3 rings (SSSR count). The number of carbonyl (C=O) groups is 1. The minimum atomic E-state index is -4.48. The third-order valence-electron chi connectivity index (χ3n) is 4.89. The summed E-state index contributed by atoms with van der Waals surface area (Å²) in [4.78, 5) is 14.0. The third-order valence-corrected chi connectivity index (χ3v) is 4.89. The normalized spacial score (nSPS) is 17.9. The van der Waals surface area contributed by atoms with Crippen molar-refractivity contribution in [3.8, 4) is 11.1 Å². The van der Waals surface area contributed by atoms with Gasteiger partial charge in [-0.3, -0.25) is 4.79 Å². The molecule has 2 aromatic carbocycles. The number of hydrogen-bond donors (Lipinski definition) is 2. The van der Waals surface area contributed by atoms with Gasteiger partial charge < -0.3 is 16.0 Å². The number of nitrogens with zero attached hydrogens (tertiary/aromatic N) is 1. The fraction of sp³-hybridized carbons (Fsp3) is 0.350. The number of anilines is 1. The first-order chi connectivity index (χ1) is 12.7. The summed E-state index contributed by atoms with van der Waals surface area (Å²) in [7, 11) is 2.00. The van der Waals surface area contributed by atoms with E-state index in [0.29, 0.717) is 22.4 Å². The highest BCUT2D eigenvalue weighted by Gasteiger charge is 2.33. The number of alkyl halides is 3. The van der Waals surface area contributed by atoms with E-state index in [1.807, 2.05) is 7.05 Å². The fourth-order valence-corrected chi connectivity index (χ4v) is 3.54. The molecule has 1 fully saturated rings. The number of halogens is 3. The number of likely N-dealkylation sites (tertiary alicyclic amines) is 1. The summed E-state index contributed by atoms with van der Waals surface area (Å²) in [5.74, 6) is -0.674. The lowest BCUT2D eigenvalue weighted by atomic mass is 9.93. The van der Waals surface area contributed by atoms with Crippen molar-refractivity contribution in [1.82, 2.24) is 4.90 Å². The number of amides is 1. The lowest BCUT2D eigenvalue weighted by Crippen LogP contribution is -2.24. The minimum Gasteiger partial charge on any atom is -0.380 e. The summed E-state index contributed by atoms with van der Waals surface area (Å²) in [6, 6.07) is 8.84. The SMILES string of the molecule is Cc1cc(C(F)(F)F)cc(-c2ccccc2C(N)=O)c1N[C@@H]1CCN(C)C1. The molecule has 3 N–H and O–H groups in total. The average Bonchev–Trinajstić information content (AvgIpc) is 3.00. The predicted molar refractivity (Wildman–Crippen MR) is 99.7 cm³/mol. The Kier molecular flexibility index (Phi) is 5.15. The van der Waals surface area contributed by atoms with Gasteiger partial charge in [0.2, 0.25) is 5.91 Å². The number of primary amides is 1. The zero-order valence-corrected chi connectivity index (χ0v) is 15.2. The predicted octanol–water partition coefficient (Wildman–Crippen LogP) is 3.90. The van der Waals surface area contributed by atoms with Gasteiger partial charge in [0.15, 0.2) is 0 Å². The van der Waals surface area contributed by atoms with Crippen molar-refractivity contribution in [1.29, 1.82) is 0 Å². The Hall–Kier alpha value is -2.54. The van der Waals surface area contributed by atoms with Crippen molar-refractivity contribution in [3.63, 3.8) is 0 Å². The molecule has 0 radical (unpaired) electrons. The van der Waals surface area contributed by atoms with Gasteiger partial charge in [0.05, 0.1) is 5.56 Å². The maximum atomic E-state index is 13.4. The van der Waals surface area contributed by atoms with Gasteiger partial charge in [-0.2, -0.15) is 13.2 Å². The number of hydrogen-bond acceptors (Lipinski definition) is 3. The fourth-order valence-electron chi connectivity index (χ4n) is 3.54. The molecule has 1 atom stereocenters. The quantitative estimate of drug-likeness (QED) is 0.850. The van der Waals surface area contributed by atoms with Crippen LogP contribution in [0.4, 0.5) is 18.9 Å². The lowest BCUT2D eigenvalue weighted by Gasteiger charge is -2.22. The number of rotatable bonds is 4. The summed E-state index contributed by atoms with van der Waals surface area (Å²) < 4.78 is 40.2. The molecule has 0 aliphatic carbocycles. The molecule has 4 nitrogen and oxygen atoms in total. The number of benzene rings is 2. The summed E-state index contributed by atoms with van der Waals surface area (Å²) >= 11 is 0. The second-order valence-corrected chi connectivity index (χ2v) is 7.02. The van der Waals surface area contributed by atoms with Gasteiger partial charge in [-0.25, -0.2) is 0 Å². The first-order valence-corrected chi connectivity index (χ1v) is 8.73. The van der Waals surface area contributed by atoms with Crippen LogP contribution in [0, 0.1) is 6.92 Å². The van der Waals surface area contributed by atoms with Gasteiger partial charge in [0.25, 0.3) is 0 Å². The molecule has 1 heterocycles. The highest BCUT2D eigenvalue weighted by molar-refractivity contribution is 6.01. The molecule has 1 amide bonds. The van der Waals surface area contributed by atoms with Crippen molar-refractivity contribution in [2.24, 2.45) is 5.73 Å². The van der Waals surface area contributed by atoms with Crippen LogP contribution in [0.3, 0.4) is 0 Å². The molecular formula is C20H22F3N3O. The van der Waals surface area contributed by atoms with Crippen LogP contribution in [-0.2, 0) is 6.18 Å². The molecule has 144 valence electrons. The van der Waals surface area contributed by atoms with E-state index >= 15 is 0 Å². The van der Waals surface area contributed by atoms with Crippen LogP contribution in [0.15, 0.2) is 36.4 Å². The number of likely N-dealkylation sites (N-methyl/N-ethyl adjacent to an activating group) is 1. The van der Waals surface area contributed by atoms with E-state index < -0.39 is 17.6 Å². The molecule has 1 aliphatic heterocycles. The molecular weight excluding hydrogens is 355 g/mol. The van der Waals surface area contributed by atoms with E-state index in [0.717, 1.165) is 31.6 Å². The third kappa shape index (κ3) is 4.08. The molecule has 0 aromatic heterocycles. The van der Waals surface area contributed by atoms with Crippen LogP contribution in [0.25, 0.3) is 11.1 Å². The first-order valence-electron chi connectivity index (χ1n) is 8.73. The Morgan fingerprint density at radius 1 is 1.22 bits per heavy atom. The maximum Gasteiger partial charge on any atom is 0.416 e. The first kappa shape index (κ1) is 19.2. The molecule has 0 saturated carbocycles. The van der Waals surface area contributed by atoms with E-state index in [9.17, 15) is 18.0 Å². The van der Waals surface area contributed by atoms with Crippen LogP contribution in [0.1, 0.15) is 27.9 Å². The molecule has 0 spiro atoms. The Morgan fingerprint density at radius 3 is 2.52 bits per heavy atom. The van der Waals surface area contributed by atoms with E-state index in [1.54, 1.807) is 25.1 Å². The van der Waals surface area contributed by atoms with Gasteiger partial charge in [-0.1, -0.05) is 18.2 Å². The number of nitrogens with two attached hydrogens (primary N) is 1. The van der Waals surface area contributed by atoms with E-state index in [2.05, 4.69) is 10.2 Å².